The minimum Gasteiger partial charge on any atom is -0.493 e. The number of hydrogen-bond donors (Lipinski definition) is 2. The second kappa shape index (κ2) is 7.08. The number of carbonyl (C=O) groups is 1. The molecule has 1 aromatic carbocycles. The summed E-state index contributed by atoms with van der Waals surface area (Å²) in [6, 6.07) is 8.91. The molecule has 0 aliphatic rings. The molecule has 0 saturated heterocycles. The van der Waals surface area contributed by atoms with Crippen molar-refractivity contribution in [2.75, 3.05) is 17.7 Å². The van der Waals surface area contributed by atoms with Gasteiger partial charge in [-0.15, -0.1) is 0 Å². The van der Waals surface area contributed by atoms with Crippen molar-refractivity contribution in [1.82, 2.24) is 4.98 Å². The van der Waals surface area contributed by atoms with Crippen LogP contribution in [0.15, 0.2) is 41.1 Å². The van der Waals surface area contributed by atoms with E-state index in [9.17, 15) is 4.79 Å². The van der Waals surface area contributed by atoms with E-state index in [1.165, 1.54) is 0 Å². The van der Waals surface area contributed by atoms with Crippen molar-refractivity contribution in [3.8, 4) is 5.75 Å². The van der Waals surface area contributed by atoms with Gasteiger partial charge in [-0.2, -0.15) is 0 Å². The molecule has 6 heteroatoms. The van der Waals surface area contributed by atoms with E-state index in [-0.39, 0.29) is 12.3 Å². The second-order valence-corrected chi connectivity index (χ2v) is 5.30. The van der Waals surface area contributed by atoms with Crippen molar-refractivity contribution >= 4 is 33.2 Å². The van der Waals surface area contributed by atoms with Crippen molar-refractivity contribution in [2.45, 2.75) is 13.3 Å². The van der Waals surface area contributed by atoms with E-state index in [0.717, 1.165) is 10.2 Å². The smallest absolute Gasteiger partial charge is 0.227 e. The van der Waals surface area contributed by atoms with Crippen molar-refractivity contribution in [2.24, 2.45) is 0 Å². The van der Waals surface area contributed by atoms with Gasteiger partial charge in [0, 0.05) is 5.69 Å². The highest BCUT2D eigenvalue weighted by molar-refractivity contribution is 9.10. The molecule has 0 saturated carbocycles. The monoisotopic (exact) mass is 349 g/mol. The summed E-state index contributed by atoms with van der Waals surface area (Å²) >= 11 is 3.32. The summed E-state index contributed by atoms with van der Waals surface area (Å²) in [7, 11) is 0. The normalized spacial score (nSPS) is 10.2. The van der Waals surface area contributed by atoms with Gasteiger partial charge in [-0.25, -0.2) is 4.98 Å². The predicted octanol–water partition coefficient (Wildman–Crippen LogP) is 3.14. The number of benzene rings is 1. The predicted molar refractivity (Wildman–Crippen MR) is 86.3 cm³/mol. The van der Waals surface area contributed by atoms with E-state index >= 15 is 0 Å². The van der Waals surface area contributed by atoms with Crippen LogP contribution >= 0.6 is 15.9 Å². The van der Waals surface area contributed by atoms with E-state index < -0.39 is 0 Å². The van der Waals surface area contributed by atoms with E-state index in [1.54, 1.807) is 30.5 Å². The van der Waals surface area contributed by atoms with Crippen LogP contribution in [0.1, 0.15) is 12.0 Å². The number of aryl methyl sites for hydroxylation is 1. The molecule has 1 amide bonds. The number of ether oxygens (including phenoxy) is 1. The molecule has 0 atom stereocenters. The molecule has 1 heterocycles. The number of nitrogen functional groups attached to an aromatic ring is 1. The molecule has 0 aliphatic carbocycles. The highest BCUT2D eigenvalue weighted by Crippen LogP contribution is 2.17. The first-order valence-electron chi connectivity index (χ1n) is 6.45. The summed E-state index contributed by atoms with van der Waals surface area (Å²) < 4.78 is 6.24. The van der Waals surface area contributed by atoms with Crippen molar-refractivity contribution in [3.63, 3.8) is 0 Å². The van der Waals surface area contributed by atoms with Gasteiger partial charge < -0.3 is 15.8 Å². The highest BCUT2D eigenvalue weighted by atomic mass is 79.9. The van der Waals surface area contributed by atoms with Gasteiger partial charge in [-0.3, -0.25) is 4.79 Å². The number of aromatic nitrogens is 1. The first-order valence-corrected chi connectivity index (χ1v) is 7.24. The molecule has 5 nitrogen and oxygen atoms in total. The van der Waals surface area contributed by atoms with E-state index in [0.29, 0.717) is 23.7 Å². The number of pyridine rings is 1. The SMILES string of the molecule is Cc1cc(NC(=O)CCOc2ccc(N)cc2)cnc1Br. The van der Waals surface area contributed by atoms with E-state index in [1.807, 2.05) is 13.0 Å². The molecule has 0 unspecified atom stereocenters. The molecule has 3 N–H and O–H groups in total. The van der Waals surface area contributed by atoms with Crippen molar-refractivity contribution in [1.29, 1.82) is 0 Å². The minimum absolute atomic E-state index is 0.117. The lowest BCUT2D eigenvalue weighted by Gasteiger charge is -2.08. The lowest BCUT2D eigenvalue weighted by atomic mass is 10.3. The second-order valence-electron chi connectivity index (χ2n) is 4.55. The van der Waals surface area contributed by atoms with Gasteiger partial charge in [0.15, 0.2) is 0 Å². The summed E-state index contributed by atoms with van der Waals surface area (Å²) in [5.74, 6) is 0.576. The average Bonchev–Trinajstić information content (AvgIpc) is 2.45. The molecule has 21 heavy (non-hydrogen) atoms. The zero-order valence-electron chi connectivity index (χ0n) is 11.6. The van der Waals surface area contributed by atoms with Crippen molar-refractivity contribution < 1.29 is 9.53 Å². The van der Waals surface area contributed by atoms with E-state index in [4.69, 9.17) is 10.5 Å². The van der Waals surface area contributed by atoms with Gasteiger partial charge in [-0.1, -0.05) is 0 Å². The molecule has 1 aromatic heterocycles. The largest absolute Gasteiger partial charge is 0.493 e. The third-order valence-electron chi connectivity index (χ3n) is 2.78. The number of anilines is 2. The zero-order chi connectivity index (χ0) is 15.2. The number of carbonyl (C=O) groups excluding carboxylic acids is 1. The number of amides is 1. The molecule has 0 fully saturated rings. The number of halogens is 1. The van der Waals surface area contributed by atoms with Gasteiger partial charge in [0.05, 0.1) is 24.9 Å². The average molecular weight is 350 g/mol. The Labute approximate surface area is 131 Å². The number of hydrogen-bond acceptors (Lipinski definition) is 4. The Morgan fingerprint density at radius 3 is 2.76 bits per heavy atom. The molecule has 2 aromatic rings. The first kappa shape index (κ1) is 15.3. The zero-order valence-corrected chi connectivity index (χ0v) is 13.2. The lowest BCUT2D eigenvalue weighted by Crippen LogP contribution is -2.15. The standard InChI is InChI=1S/C15H16BrN3O2/c1-10-8-12(9-18-15(10)16)19-14(20)6-7-21-13-4-2-11(17)3-5-13/h2-5,8-9H,6-7,17H2,1H3,(H,19,20). The Kier molecular flexibility index (Phi) is 5.16. The van der Waals surface area contributed by atoms with Gasteiger partial charge in [0.1, 0.15) is 10.4 Å². The summed E-state index contributed by atoms with van der Waals surface area (Å²) in [5.41, 5.74) is 7.90. The lowest BCUT2D eigenvalue weighted by molar-refractivity contribution is -0.116. The van der Waals surface area contributed by atoms with Crippen LogP contribution in [0, 0.1) is 6.92 Å². The summed E-state index contributed by atoms with van der Waals surface area (Å²) in [6.07, 6.45) is 1.87. The van der Waals surface area contributed by atoms with Gasteiger partial charge >= 0.3 is 0 Å². The topological polar surface area (TPSA) is 77.2 Å². The fourth-order valence-corrected chi connectivity index (χ4v) is 1.89. The molecule has 110 valence electrons. The van der Waals surface area contributed by atoms with Crippen LogP contribution in [0.4, 0.5) is 11.4 Å². The Balaban J connectivity index is 1.79. The maximum Gasteiger partial charge on any atom is 0.227 e. The Morgan fingerprint density at radius 2 is 2.10 bits per heavy atom. The molecule has 2 rings (SSSR count). The number of nitrogens with two attached hydrogens (primary N) is 1. The summed E-state index contributed by atoms with van der Waals surface area (Å²) in [6.45, 7) is 2.22. The third kappa shape index (κ3) is 4.75. The maximum atomic E-state index is 11.8. The van der Waals surface area contributed by atoms with E-state index in [2.05, 4.69) is 26.2 Å². The number of nitrogens with zero attached hydrogens (tertiary/aromatic N) is 1. The van der Waals surface area contributed by atoms with Gasteiger partial charge in [0.2, 0.25) is 5.91 Å². The molecule has 0 spiro atoms. The highest BCUT2D eigenvalue weighted by Gasteiger charge is 2.05. The molecule has 0 radical (unpaired) electrons. The van der Waals surface area contributed by atoms with Crippen molar-refractivity contribution in [3.05, 3.63) is 46.7 Å². The Bertz CT molecular complexity index is 629. The van der Waals surface area contributed by atoms with Crippen LogP contribution in [0.5, 0.6) is 5.75 Å². The molecular formula is C15H16BrN3O2. The summed E-state index contributed by atoms with van der Waals surface area (Å²) in [5, 5.41) is 2.78. The van der Waals surface area contributed by atoms with Crippen LogP contribution < -0.4 is 15.8 Å². The van der Waals surface area contributed by atoms with Crippen LogP contribution in [-0.4, -0.2) is 17.5 Å². The number of nitrogens with one attached hydrogen (secondary N) is 1. The van der Waals surface area contributed by atoms with Crippen LogP contribution in [0.3, 0.4) is 0 Å². The first-order chi connectivity index (χ1) is 10.0. The maximum absolute atomic E-state index is 11.8. The third-order valence-corrected chi connectivity index (χ3v) is 3.61. The Hall–Kier alpha value is -2.08. The number of rotatable bonds is 5. The fourth-order valence-electron chi connectivity index (χ4n) is 1.68. The van der Waals surface area contributed by atoms with Crippen LogP contribution in [-0.2, 0) is 4.79 Å². The van der Waals surface area contributed by atoms with Gasteiger partial charge in [0.25, 0.3) is 0 Å². The molecular weight excluding hydrogens is 334 g/mol. The van der Waals surface area contributed by atoms with Crippen LogP contribution in [0.25, 0.3) is 0 Å². The quantitative estimate of drug-likeness (QED) is 0.642. The van der Waals surface area contributed by atoms with Gasteiger partial charge in [-0.05, 0) is 58.7 Å². The minimum atomic E-state index is -0.117. The van der Waals surface area contributed by atoms with Crippen LogP contribution in [0.2, 0.25) is 0 Å². The Morgan fingerprint density at radius 1 is 1.38 bits per heavy atom. The fraction of sp³-hybridized carbons (Fsp3) is 0.200. The molecule has 0 aliphatic heterocycles. The molecule has 0 bridgehead atoms. The summed E-state index contributed by atoms with van der Waals surface area (Å²) in [4.78, 5) is 15.9.